The summed E-state index contributed by atoms with van der Waals surface area (Å²) in [4.78, 5) is 10.8. The van der Waals surface area contributed by atoms with Crippen molar-refractivity contribution in [2.75, 3.05) is 0 Å². The maximum Gasteiger partial charge on any atom is 0.192 e. The fraction of sp³-hybridized carbons (Fsp3) is 0.667. The van der Waals surface area contributed by atoms with Crippen LogP contribution in [-0.4, -0.2) is 17.5 Å². The fourth-order valence-corrected chi connectivity index (χ4v) is 0.977. The van der Waals surface area contributed by atoms with E-state index in [1.165, 1.54) is 0 Å². The SMILES string of the molecule is N=C1CCC[C@@H](N)C1=O. The molecule has 50 valence electrons. The van der Waals surface area contributed by atoms with Crippen LogP contribution in [0.2, 0.25) is 0 Å². The maximum absolute atomic E-state index is 10.8. The fourth-order valence-electron chi connectivity index (χ4n) is 0.977. The molecule has 3 N–H and O–H groups in total. The molecule has 1 aliphatic carbocycles. The Kier molecular flexibility index (Phi) is 1.62. The minimum absolute atomic E-state index is 0.166. The van der Waals surface area contributed by atoms with Crippen LogP contribution < -0.4 is 5.73 Å². The van der Waals surface area contributed by atoms with E-state index >= 15 is 0 Å². The largest absolute Gasteiger partial charge is 0.321 e. The van der Waals surface area contributed by atoms with Gasteiger partial charge in [0.15, 0.2) is 5.78 Å². The van der Waals surface area contributed by atoms with Crippen LogP contribution in [0, 0.1) is 5.41 Å². The van der Waals surface area contributed by atoms with E-state index in [4.69, 9.17) is 11.1 Å². The third-order valence-electron chi connectivity index (χ3n) is 1.58. The lowest BCUT2D eigenvalue weighted by molar-refractivity contribution is -0.114. The number of rotatable bonds is 0. The van der Waals surface area contributed by atoms with Gasteiger partial charge in [-0.15, -0.1) is 0 Å². The molecule has 1 rings (SSSR count). The van der Waals surface area contributed by atoms with E-state index in [0.29, 0.717) is 6.42 Å². The van der Waals surface area contributed by atoms with Crippen molar-refractivity contribution in [1.29, 1.82) is 5.41 Å². The summed E-state index contributed by atoms with van der Waals surface area (Å²) in [5.74, 6) is -0.166. The van der Waals surface area contributed by atoms with Crippen LogP contribution in [0.5, 0.6) is 0 Å². The van der Waals surface area contributed by atoms with Crippen LogP contribution in [0.15, 0.2) is 0 Å². The van der Waals surface area contributed by atoms with E-state index in [0.717, 1.165) is 12.8 Å². The Morgan fingerprint density at radius 2 is 2.33 bits per heavy atom. The summed E-state index contributed by atoms with van der Waals surface area (Å²) >= 11 is 0. The number of hydrogen-bond donors (Lipinski definition) is 2. The third-order valence-corrected chi connectivity index (χ3v) is 1.58. The molecule has 0 amide bonds. The van der Waals surface area contributed by atoms with Gasteiger partial charge in [0.25, 0.3) is 0 Å². The van der Waals surface area contributed by atoms with Crippen molar-refractivity contribution in [3.63, 3.8) is 0 Å². The average Bonchev–Trinajstić information content (AvgIpc) is 1.83. The summed E-state index contributed by atoms with van der Waals surface area (Å²) in [6.45, 7) is 0. The lowest BCUT2D eigenvalue weighted by Gasteiger charge is -2.15. The molecule has 0 saturated heterocycles. The van der Waals surface area contributed by atoms with Gasteiger partial charge in [0.2, 0.25) is 0 Å². The van der Waals surface area contributed by atoms with Crippen LogP contribution in [-0.2, 0) is 4.79 Å². The van der Waals surface area contributed by atoms with E-state index in [9.17, 15) is 4.79 Å². The first-order chi connectivity index (χ1) is 4.22. The van der Waals surface area contributed by atoms with E-state index in [2.05, 4.69) is 0 Å². The molecule has 0 aliphatic heterocycles. The van der Waals surface area contributed by atoms with E-state index in [-0.39, 0.29) is 17.5 Å². The maximum atomic E-state index is 10.8. The molecule has 3 heteroatoms. The van der Waals surface area contributed by atoms with Crippen LogP contribution >= 0.6 is 0 Å². The van der Waals surface area contributed by atoms with Gasteiger partial charge in [0, 0.05) is 0 Å². The quantitative estimate of drug-likeness (QED) is 0.483. The Morgan fingerprint density at radius 3 is 2.78 bits per heavy atom. The number of nitrogens with two attached hydrogens (primary N) is 1. The number of nitrogens with one attached hydrogen (secondary N) is 1. The monoisotopic (exact) mass is 126 g/mol. The highest BCUT2D eigenvalue weighted by Crippen LogP contribution is 2.09. The highest BCUT2D eigenvalue weighted by molar-refractivity contribution is 6.40. The Balaban J connectivity index is 2.62. The molecule has 0 radical (unpaired) electrons. The molecule has 0 aromatic rings. The summed E-state index contributed by atoms with van der Waals surface area (Å²) < 4.78 is 0. The van der Waals surface area contributed by atoms with Crippen molar-refractivity contribution in [3.05, 3.63) is 0 Å². The molecule has 9 heavy (non-hydrogen) atoms. The van der Waals surface area contributed by atoms with Gasteiger partial charge in [-0.25, -0.2) is 0 Å². The summed E-state index contributed by atoms with van der Waals surface area (Å²) in [5.41, 5.74) is 5.58. The van der Waals surface area contributed by atoms with Gasteiger partial charge >= 0.3 is 0 Å². The minimum Gasteiger partial charge on any atom is -0.321 e. The second-order valence-corrected chi connectivity index (χ2v) is 2.34. The van der Waals surface area contributed by atoms with Crippen molar-refractivity contribution in [3.8, 4) is 0 Å². The summed E-state index contributed by atoms with van der Waals surface area (Å²) in [5, 5.41) is 7.10. The number of hydrogen-bond acceptors (Lipinski definition) is 3. The summed E-state index contributed by atoms with van der Waals surface area (Å²) in [6, 6.07) is -0.383. The van der Waals surface area contributed by atoms with Crippen LogP contribution in [0.3, 0.4) is 0 Å². The van der Waals surface area contributed by atoms with Gasteiger partial charge in [0.1, 0.15) is 0 Å². The molecule has 1 fully saturated rings. The predicted octanol–water partition coefficient (Wildman–Crippen LogP) is 0.0865. The highest BCUT2D eigenvalue weighted by Gasteiger charge is 2.22. The van der Waals surface area contributed by atoms with Gasteiger partial charge in [0.05, 0.1) is 11.8 Å². The van der Waals surface area contributed by atoms with Crippen molar-refractivity contribution in [1.82, 2.24) is 0 Å². The highest BCUT2D eigenvalue weighted by atomic mass is 16.1. The lowest BCUT2D eigenvalue weighted by atomic mass is 9.93. The first kappa shape index (κ1) is 6.42. The van der Waals surface area contributed by atoms with Crippen LogP contribution in [0.25, 0.3) is 0 Å². The van der Waals surface area contributed by atoms with Gasteiger partial charge in [-0.05, 0) is 19.3 Å². The van der Waals surface area contributed by atoms with Crippen molar-refractivity contribution >= 4 is 11.5 Å². The zero-order chi connectivity index (χ0) is 6.85. The van der Waals surface area contributed by atoms with Gasteiger partial charge in [-0.2, -0.15) is 0 Å². The zero-order valence-corrected chi connectivity index (χ0v) is 5.18. The third kappa shape index (κ3) is 1.16. The molecule has 0 unspecified atom stereocenters. The number of ketones is 1. The molecule has 0 heterocycles. The van der Waals surface area contributed by atoms with Gasteiger partial charge < -0.3 is 11.1 Å². The minimum atomic E-state index is -0.383. The number of carbonyl (C=O) groups is 1. The molecule has 1 atom stereocenters. The summed E-state index contributed by atoms with van der Waals surface area (Å²) in [7, 11) is 0. The molecule has 3 nitrogen and oxygen atoms in total. The first-order valence-electron chi connectivity index (χ1n) is 3.09. The van der Waals surface area contributed by atoms with E-state index in [1.54, 1.807) is 0 Å². The number of carbonyl (C=O) groups excluding carboxylic acids is 1. The number of Topliss-reactive ketones (excluding diaryl/α,β-unsaturated/α-hetero) is 1. The van der Waals surface area contributed by atoms with Crippen LogP contribution in [0.1, 0.15) is 19.3 Å². The Hall–Kier alpha value is -0.700. The molecule has 1 aliphatic rings. The summed E-state index contributed by atoms with van der Waals surface area (Å²) in [6.07, 6.45) is 2.26. The molecule has 0 bridgehead atoms. The Morgan fingerprint density at radius 1 is 1.67 bits per heavy atom. The lowest BCUT2D eigenvalue weighted by Crippen LogP contribution is -2.38. The standard InChI is InChI=1S/C6H10N2O/c7-4-2-1-3-5(8)6(4)9/h4,8H,1-3,7H2/t4-/m1/s1. The second kappa shape index (κ2) is 2.27. The second-order valence-electron chi connectivity index (χ2n) is 2.34. The van der Waals surface area contributed by atoms with Crippen molar-refractivity contribution in [2.24, 2.45) is 5.73 Å². The van der Waals surface area contributed by atoms with Gasteiger partial charge in [-0.3, -0.25) is 4.79 Å². The average molecular weight is 126 g/mol. The Bertz CT molecular complexity index is 153. The molecule has 1 saturated carbocycles. The zero-order valence-electron chi connectivity index (χ0n) is 5.18. The van der Waals surface area contributed by atoms with E-state index < -0.39 is 0 Å². The molecular formula is C6H10N2O. The topological polar surface area (TPSA) is 66.9 Å². The normalized spacial score (nSPS) is 28.8. The predicted molar refractivity (Wildman–Crippen MR) is 34.6 cm³/mol. The Labute approximate surface area is 53.7 Å². The first-order valence-corrected chi connectivity index (χ1v) is 3.09. The van der Waals surface area contributed by atoms with Crippen molar-refractivity contribution < 1.29 is 4.79 Å². The molecule has 0 aromatic heterocycles. The van der Waals surface area contributed by atoms with Gasteiger partial charge in [-0.1, -0.05) is 0 Å². The van der Waals surface area contributed by atoms with E-state index in [1.807, 2.05) is 0 Å². The molecular weight excluding hydrogens is 116 g/mol. The molecule has 0 aromatic carbocycles. The van der Waals surface area contributed by atoms with Crippen molar-refractivity contribution in [2.45, 2.75) is 25.3 Å². The smallest absolute Gasteiger partial charge is 0.192 e. The van der Waals surface area contributed by atoms with Crippen LogP contribution in [0.4, 0.5) is 0 Å². The molecule has 0 spiro atoms.